The van der Waals surface area contributed by atoms with E-state index in [0.717, 1.165) is 50.4 Å². The number of hydrogen-bond donors (Lipinski definition) is 0. The van der Waals surface area contributed by atoms with Crippen molar-refractivity contribution in [1.82, 2.24) is 19.8 Å². The summed E-state index contributed by atoms with van der Waals surface area (Å²) in [4.78, 5) is 26.1. The minimum Gasteiger partial charge on any atom is -0.446 e. The molecule has 7 nitrogen and oxygen atoms in total. The fraction of sp³-hybridized carbons (Fsp3) is 0.542. The number of nitrogens with zero attached hydrogens (tertiary/aromatic N) is 5. The highest BCUT2D eigenvalue weighted by molar-refractivity contribution is 5.69. The van der Waals surface area contributed by atoms with Crippen molar-refractivity contribution in [1.29, 1.82) is 0 Å². The summed E-state index contributed by atoms with van der Waals surface area (Å²) in [6.45, 7) is 6.83. The van der Waals surface area contributed by atoms with Crippen LogP contribution in [0.2, 0.25) is 0 Å². The highest BCUT2D eigenvalue weighted by Crippen LogP contribution is 2.29. The first-order valence-electron chi connectivity index (χ1n) is 11.7. The molecule has 2 saturated heterocycles. The van der Waals surface area contributed by atoms with Crippen LogP contribution in [0.25, 0.3) is 0 Å². The monoisotopic (exact) mass is 495 g/mol. The summed E-state index contributed by atoms with van der Waals surface area (Å²) in [7, 11) is 0. The summed E-state index contributed by atoms with van der Waals surface area (Å²) in [5.41, 5.74) is 0.00754. The quantitative estimate of drug-likeness (QED) is 0.589. The summed E-state index contributed by atoms with van der Waals surface area (Å²) in [5, 5.41) is 0. The zero-order valence-electron chi connectivity index (χ0n) is 19.7. The Balaban J connectivity index is 1.27. The number of hydrogen-bond acceptors (Lipinski definition) is 6. The minimum atomic E-state index is -4.54. The van der Waals surface area contributed by atoms with Crippen LogP contribution in [-0.4, -0.2) is 70.2 Å². The van der Waals surface area contributed by atoms with Crippen molar-refractivity contribution in [3.05, 3.63) is 53.7 Å². The second-order valence-corrected chi connectivity index (χ2v) is 9.25. The van der Waals surface area contributed by atoms with E-state index in [1.807, 2.05) is 18.7 Å². The average Bonchev–Trinajstić information content (AvgIpc) is 2.82. The maximum Gasteiger partial charge on any atom is 0.434 e. The van der Waals surface area contributed by atoms with Crippen molar-refractivity contribution < 1.29 is 27.1 Å². The van der Waals surface area contributed by atoms with E-state index in [-0.39, 0.29) is 30.1 Å². The molecule has 190 valence electrons. The van der Waals surface area contributed by atoms with Crippen molar-refractivity contribution in [2.24, 2.45) is 0 Å². The summed E-state index contributed by atoms with van der Waals surface area (Å²) >= 11 is 0. The molecule has 2 fully saturated rings. The molecule has 1 aromatic heterocycles. The number of piperidine rings is 1. The number of likely N-dealkylation sites (tertiary alicyclic amines) is 1. The number of anilines is 1. The van der Waals surface area contributed by atoms with E-state index >= 15 is 0 Å². The van der Waals surface area contributed by atoms with Crippen LogP contribution in [0, 0.1) is 5.82 Å². The average molecular weight is 496 g/mol. The molecule has 2 atom stereocenters. The van der Waals surface area contributed by atoms with Gasteiger partial charge in [-0.15, -0.1) is 0 Å². The zero-order valence-corrected chi connectivity index (χ0v) is 19.7. The molecule has 1 amide bonds. The van der Waals surface area contributed by atoms with Gasteiger partial charge >= 0.3 is 12.3 Å². The molecule has 0 saturated carbocycles. The van der Waals surface area contributed by atoms with Gasteiger partial charge in [0.2, 0.25) is 0 Å². The van der Waals surface area contributed by atoms with Crippen LogP contribution in [0.1, 0.15) is 37.9 Å². The van der Waals surface area contributed by atoms with Crippen LogP contribution in [0.5, 0.6) is 0 Å². The van der Waals surface area contributed by atoms with Crippen molar-refractivity contribution >= 4 is 11.9 Å². The summed E-state index contributed by atoms with van der Waals surface area (Å²) < 4.78 is 57.2. The number of amides is 1. The highest BCUT2D eigenvalue weighted by atomic mass is 19.4. The lowest BCUT2D eigenvalue weighted by molar-refractivity contribution is -0.141. The predicted octanol–water partition coefficient (Wildman–Crippen LogP) is 4.33. The Labute approximate surface area is 201 Å². The lowest BCUT2D eigenvalue weighted by atomic mass is 10.1. The summed E-state index contributed by atoms with van der Waals surface area (Å²) in [5.74, 6) is 0.0925. The third-order valence-electron chi connectivity index (χ3n) is 6.56. The van der Waals surface area contributed by atoms with E-state index in [1.165, 1.54) is 12.1 Å². The van der Waals surface area contributed by atoms with Gasteiger partial charge < -0.3 is 14.5 Å². The third kappa shape index (κ3) is 6.19. The van der Waals surface area contributed by atoms with Gasteiger partial charge in [0.15, 0.2) is 5.69 Å². The number of carbonyl (C=O) groups excluding carboxylic acids is 1. The van der Waals surface area contributed by atoms with E-state index in [9.17, 15) is 22.4 Å². The first-order valence-corrected chi connectivity index (χ1v) is 11.7. The van der Waals surface area contributed by atoms with Crippen LogP contribution in [0.3, 0.4) is 0 Å². The molecule has 3 heterocycles. The maximum atomic E-state index is 13.1. The van der Waals surface area contributed by atoms with Crippen molar-refractivity contribution in [3.8, 4) is 0 Å². The molecule has 2 aliphatic heterocycles. The van der Waals surface area contributed by atoms with Crippen LogP contribution in [-0.2, 0) is 17.5 Å². The molecule has 0 N–H and O–H groups in total. The molecule has 35 heavy (non-hydrogen) atoms. The number of carbonyl (C=O) groups is 1. The van der Waals surface area contributed by atoms with E-state index in [4.69, 9.17) is 4.74 Å². The number of aromatic nitrogens is 2. The summed E-state index contributed by atoms with van der Waals surface area (Å²) in [6, 6.07) is 6.09. The molecule has 0 radical (unpaired) electrons. The molecule has 11 heteroatoms. The minimum absolute atomic E-state index is 0.164. The molecule has 0 aliphatic carbocycles. The number of alkyl halides is 3. The van der Waals surface area contributed by atoms with E-state index in [2.05, 4.69) is 14.9 Å². The zero-order chi connectivity index (χ0) is 25.2. The number of piperazine rings is 1. The summed E-state index contributed by atoms with van der Waals surface area (Å²) in [6.07, 6.45) is -1.79. The van der Waals surface area contributed by atoms with Crippen molar-refractivity contribution in [3.63, 3.8) is 0 Å². The van der Waals surface area contributed by atoms with Gasteiger partial charge in [-0.05, 0) is 44.4 Å². The topological polar surface area (TPSA) is 61.8 Å². The number of rotatable bonds is 4. The Morgan fingerprint density at radius 3 is 2.31 bits per heavy atom. The Morgan fingerprint density at radius 2 is 1.71 bits per heavy atom. The lowest BCUT2D eigenvalue weighted by Gasteiger charge is -2.44. The molecule has 2 aromatic rings. The second kappa shape index (κ2) is 10.3. The van der Waals surface area contributed by atoms with E-state index in [1.54, 1.807) is 17.0 Å². The highest BCUT2D eigenvalue weighted by Gasteiger charge is 2.36. The molecule has 0 bridgehead atoms. The Kier molecular flexibility index (Phi) is 7.44. The standard InChI is InChI=1S/C24H29F4N5O2/c1-16-14-33(17(2)13-32(16)22-12-29-21(11-30-22)24(26,27)28)23(34)35-20-7-9-31(10-8-20)15-18-3-5-19(25)6-4-18/h3-6,11-12,16-17,20H,7-10,13-15H2,1-2H3/t16-,17+/m0/s1. The van der Waals surface area contributed by atoms with Crippen molar-refractivity contribution in [2.45, 2.75) is 57.6 Å². The Hall–Kier alpha value is -2.95. The van der Waals surface area contributed by atoms with Crippen LogP contribution >= 0.6 is 0 Å². The van der Waals surface area contributed by atoms with Crippen molar-refractivity contribution in [2.75, 3.05) is 31.1 Å². The van der Waals surface area contributed by atoms with Crippen LogP contribution < -0.4 is 4.90 Å². The third-order valence-corrected chi connectivity index (χ3v) is 6.56. The number of ether oxygens (including phenoxy) is 1. The van der Waals surface area contributed by atoms with Crippen LogP contribution in [0.4, 0.5) is 28.2 Å². The molecule has 1 aromatic carbocycles. The Bertz CT molecular complexity index is 994. The Morgan fingerprint density at radius 1 is 1.03 bits per heavy atom. The van der Waals surface area contributed by atoms with Gasteiger partial charge in [-0.2, -0.15) is 13.2 Å². The molecule has 0 spiro atoms. The van der Waals surface area contributed by atoms with Gasteiger partial charge in [0, 0.05) is 44.8 Å². The molecular weight excluding hydrogens is 466 g/mol. The molecule has 2 aliphatic rings. The van der Waals surface area contributed by atoms with Gasteiger partial charge in [0.1, 0.15) is 17.7 Å². The van der Waals surface area contributed by atoms with Gasteiger partial charge in [-0.25, -0.2) is 19.2 Å². The number of benzene rings is 1. The first kappa shape index (κ1) is 25.2. The SMILES string of the molecule is C[C@@H]1CN(c2cnc(C(F)(F)F)cn2)[C@@H](C)CN1C(=O)OC1CCN(Cc2ccc(F)cc2)CC1. The fourth-order valence-electron chi connectivity index (χ4n) is 4.56. The molecule has 4 rings (SSSR count). The van der Waals surface area contributed by atoms with Gasteiger partial charge in [-0.1, -0.05) is 12.1 Å². The maximum absolute atomic E-state index is 13.1. The second-order valence-electron chi connectivity index (χ2n) is 9.25. The smallest absolute Gasteiger partial charge is 0.434 e. The van der Waals surface area contributed by atoms with E-state index in [0.29, 0.717) is 18.9 Å². The number of halogens is 4. The largest absolute Gasteiger partial charge is 0.446 e. The van der Waals surface area contributed by atoms with E-state index < -0.39 is 11.9 Å². The predicted molar refractivity (Wildman–Crippen MR) is 121 cm³/mol. The van der Waals surface area contributed by atoms with Gasteiger partial charge in [-0.3, -0.25) is 4.90 Å². The first-order chi connectivity index (χ1) is 16.6. The normalized spacial score (nSPS) is 22.3. The fourth-order valence-corrected chi connectivity index (χ4v) is 4.56. The molecule has 0 unspecified atom stereocenters. The van der Waals surface area contributed by atoms with Gasteiger partial charge in [0.25, 0.3) is 0 Å². The lowest BCUT2D eigenvalue weighted by Crippen LogP contribution is -2.59. The van der Waals surface area contributed by atoms with Gasteiger partial charge in [0.05, 0.1) is 12.4 Å². The van der Waals surface area contributed by atoms with Crippen LogP contribution in [0.15, 0.2) is 36.7 Å². The molecular formula is C24H29F4N5O2.